The van der Waals surface area contributed by atoms with Crippen LogP contribution in [-0.2, 0) is 16.4 Å². The Balaban J connectivity index is 1.56. The van der Waals surface area contributed by atoms with Gasteiger partial charge in [0.2, 0.25) is 10.0 Å². The smallest absolute Gasteiger partial charge is 0.217 e. The van der Waals surface area contributed by atoms with E-state index in [-0.39, 0.29) is 10.9 Å². The van der Waals surface area contributed by atoms with Gasteiger partial charge in [-0.1, -0.05) is 18.2 Å². The van der Waals surface area contributed by atoms with E-state index in [4.69, 9.17) is 4.74 Å². The summed E-state index contributed by atoms with van der Waals surface area (Å²) in [6, 6.07) is 8.09. The highest BCUT2D eigenvalue weighted by Crippen LogP contribution is 2.41. The van der Waals surface area contributed by atoms with Gasteiger partial charge in [-0.3, -0.25) is 0 Å². The van der Waals surface area contributed by atoms with Crippen molar-refractivity contribution in [2.45, 2.75) is 43.0 Å². The van der Waals surface area contributed by atoms with E-state index in [1.54, 1.807) is 4.31 Å². The van der Waals surface area contributed by atoms with E-state index in [2.05, 4.69) is 6.07 Å². The SMILES string of the molecule is O=S(=O)(C1CC1)N1CCC2(CCc3ccccc3O2)C1. The van der Waals surface area contributed by atoms with Gasteiger partial charge in [0.1, 0.15) is 11.4 Å². The number of sulfonamides is 1. The molecule has 0 amide bonds. The van der Waals surface area contributed by atoms with Gasteiger partial charge in [0.15, 0.2) is 0 Å². The van der Waals surface area contributed by atoms with Crippen molar-refractivity contribution in [3.05, 3.63) is 29.8 Å². The van der Waals surface area contributed by atoms with E-state index < -0.39 is 10.0 Å². The van der Waals surface area contributed by atoms with Gasteiger partial charge in [0, 0.05) is 13.0 Å². The normalized spacial score (nSPS) is 30.2. The zero-order valence-corrected chi connectivity index (χ0v) is 12.2. The molecule has 1 unspecified atom stereocenters. The second-order valence-corrected chi connectivity index (χ2v) is 8.43. The Morgan fingerprint density at radius 2 is 2.00 bits per heavy atom. The Morgan fingerprint density at radius 1 is 1.20 bits per heavy atom. The quantitative estimate of drug-likeness (QED) is 0.837. The summed E-state index contributed by atoms with van der Waals surface area (Å²) in [6.07, 6.45) is 4.37. The van der Waals surface area contributed by atoms with Crippen LogP contribution in [0.5, 0.6) is 5.75 Å². The van der Waals surface area contributed by atoms with Crippen LogP contribution in [0, 0.1) is 0 Å². The lowest BCUT2D eigenvalue weighted by molar-refractivity contribution is 0.0612. The molecule has 0 bridgehead atoms. The van der Waals surface area contributed by atoms with E-state index in [0.717, 1.165) is 37.9 Å². The first kappa shape index (κ1) is 12.7. The molecule has 3 aliphatic rings. The van der Waals surface area contributed by atoms with Crippen molar-refractivity contribution in [2.75, 3.05) is 13.1 Å². The van der Waals surface area contributed by atoms with Gasteiger partial charge in [-0.15, -0.1) is 0 Å². The molecular formula is C15H19NO3S. The standard InChI is InChI=1S/C15H19NO3S/c17-20(18,13-5-6-13)16-10-9-15(11-16)8-7-12-3-1-2-4-14(12)19-15/h1-4,13H,5-11H2. The molecule has 0 aromatic heterocycles. The molecule has 0 radical (unpaired) electrons. The zero-order valence-electron chi connectivity index (χ0n) is 11.4. The molecule has 1 atom stereocenters. The Kier molecular flexibility index (Phi) is 2.67. The first-order chi connectivity index (χ1) is 9.59. The van der Waals surface area contributed by atoms with E-state index in [9.17, 15) is 8.42 Å². The third-order valence-electron chi connectivity index (χ3n) is 4.74. The lowest BCUT2D eigenvalue weighted by atomic mass is 9.90. The molecule has 5 heteroatoms. The van der Waals surface area contributed by atoms with Crippen LogP contribution in [0.25, 0.3) is 0 Å². The van der Waals surface area contributed by atoms with Crippen LogP contribution < -0.4 is 4.74 Å². The largest absolute Gasteiger partial charge is 0.486 e. The molecular weight excluding hydrogens is 274 g/mol. The van der Waals surface area contributed by atoms with Gasteiger partial charge in [0.25, 0.3) is 0 Å². The molecule has 108 valence electrons. The third-order valence-corrected chi connectivity index (χ3v) is 7.08. The van der Waals surface area contributed by atoms with E-state index >= 15 is 0 Å². The fraction of sp³-hybridized carbons (Fsp3) is 0.600. The number of hydrogen-bond acceptors (Lipinski definition) is 3. The maximum Gasteiger partial charge on any atom is 0.217 e. The topological polar surface area (TPSA) is 46.6 Å². The van der Waals surface area contributed by atoms with Crippen molar-refractivity contribution in [2.24, 2.45) is 0 Å². The van der Waals surface area contributed by atoms with Crippen LogP contribution >= 0.6 is 0 Å². The van der Waals surface area contributed by atoms with Crippen LogP contribution in [0.3, 0.4) is 0 Å². The molecule has 1 aromatic rings. The molecule has 4 nitrogen and oxygen atoms in total. The summed E-state index contributed by atoms with van der Waals surface area (Å²) in [5, 5.41) is -0.117. The minimum Gasteiger partial charge on any atom is -0.486 e. The van der Waals surface area contributed by atoms with E-state index in [1.807, 2.05) is 18.2 Å². The molecule has 2 heterocycles. The summed E-state index contributed by atoms with van der Waals surface area (Å²) < 4.78 is 32.5. The molecule has 0 N–H and O–H groups in total. The Morgan fingerprint density at radius 3 is 2.80 bits per heavy atom. The second kappa shape index (κ2) is 4.21. The lowest BCUT2D eigenvalue weighted by Gasteiger charge is -2.35. The summed E-state index contributed by atoms with van der Waals surface area (Å²) >= 11 is 0. The van der Waals surface area contributed by atoms with Gasteiger partial charge in [-0.05, 0) is 37.3 Å². The monoisotopic (exact) mass is 293 g/mol. The summed E-state index contributed by atoms with van der Waals surface area (Å²) in [7, 11) is -3.06. The van der Waals surface area contributed by atoms with Crippen LogP contribution in [-0.4, -0.2) is 36.7 Å². The maximum absolute atomic E-state index is 12.3. The number of ether oxygens (including phenoxy) is 1. The van der Waals surface area contributed by atoms with Gasteiger partial charge >= 0.3 is 0 Å². The Labute approximate surface area is 119 Å². The number of benzene rings is 1. The molecule has 1 spiro atoms. The van der Waals surface area contributed by atoms with Gasteiger partial charge < -0.3 is 4.74 Å². The highest BCUT2D eigenvalue weighted by Gasteiger charge is 2.49. The fourth-order valence-corrected chi connectivity index (χ4v) is 5.26. The van der Waals surface area contributed by atoms with Crippen molar-refractivity contribution in [1.82, 2.24) is 4.31 Å². The molecule has 1 saturated heterocycles. The predicted octanol–water partition coefficient (Wildman–Crippen LogP) is 1.95. The summed E-state index contributed by atoms with van der Waals surface area (Å²) in [5.41, 5.74) is 0.942. The molecule has 1 aromatic carbocycles. The van der Waals surface area contributed by atoms with Gasteiger partial charge in [-0.25, -0.2) is 8.42 Å². The lowest BCUT2D eigenvalue weighted by Crippen LogP contribution is -2.43. The van der Waals surface area contributed by atoms with Crippen LogP contribution in [0.2, 0.25) is 0 Å². The summed E-state index contributed by atoms with van der Waals surface area (Å²) in [6.45, 7) is 1.14. The minimum absolute atomic E-state index is 0.117. The van der Waals surface area contributed by atoms with Crippen molar-refractivity contribution >= 4 is 10.0 Å². The molecule has 20 heavy (non-hydrogen) atoms. The first-order valence-electron chi connectivity index (χ1n) is 7.35. The number of hydrogen-bond donors (Lipinski definition) is 0. The maximum atomic E-state index is 12.3. The molecule has 4 rings (SSSR count). The van der Waals surface area contributed by atoms with Gasteiger partial charge in [0.05, 0.1) is 11.8 Å². The van der Waals surface area contributed by atoms with E-state index in [1.165, 1.54) is 5.56 Å². The highest BCUT2D eigenvalue weighted by molar-refractivity contribution is 7.90. The van der Waals surface area contributed by atoms with Crippen LogP contribution in [0.1, 0.15) is 31.2 Å². The molecule has 1 aliphatic carbocycles. The minimum atomic E-state index is -3.06. The fourth-order valence-electron chi connectivity index (χ4n) is 3.35. The number of rotatable bonds is 2. The molecule has 2 fully saturated rings. The van der Waals surface area contributed by atoms with Crippen molar-refractivity contribution in [3.8, 4) is 5.75 Å². The Bertz CT molecular complexity index is 638. The van der Waals surface area contributed by atoms with Crippen LogP contribution in [0.4, 0.5) is 0 Å². The van der Waals surface area contributed by atoms with Crippen LogP contribution in [0.15, 0.2) is 24.3 Å². The molecule has 1 saturated carbocycles. The highest BCUT2D eigenvalue weighted by atomic mass is 32.2. The number of nitrogens with zero attached hydrogens (tertiary/aromatic N) is 1. The van der Waals surface area contributed by atoms with Crippen molar-refractivity contribution in [1.29, 1.82) is 0 Å². The first-order valence-corrected chi connectivity index (χ1v) is 8.85. The average molecular weight is 293 g/mol. The number of aryl methyl sites for hydroxylation is 1. The van der Waals surface area contributed by atoms with Crippen molar-refractivity contribution in [3.63, 3.8) is 0 Å². The Hall–Kier alpha value is -1.07. The number of para-hydroxylation sites is 1. The van der Waals surface area contributed by atoms with E-state index in [0.29, 0.717) is 13.1 Å². The third kappa shape index (κ3) is 1.95. The zero-order chi connectivity index (χ0) is 13.8. The van der Waals surface area contributed by atoms with Gasteiger partial charge in [-0.2, -0.15) is 4.31 Å². The summed E-state index contributed by atoms with van der Waals surface area (Å²) in [5.74, 6) is 0.935. The van der Waals surface area contributed by atoms with Crippen molar-refractivity contribution < 1.29 is 13.2 Å². The number of fused-ring (bicyclic) bond motifs is 1. The predicted molar refractivity (Wildman–Crippen MR) is 76.3 cm³/mol. The molecule has 2 aliphatic heterocycles. The average Bonchev–Trinajstić information content (AvgIpc) is 3.23. The summed E-state index contributed by atoms with van der Waals surface area (Å²) in [4.78, 5) is 0. The second-order valence-electron chi connectivity index (χ2n) is 6.22.